The molecule has 2 amide bonds. The first kappa shape index (κ1) is 32.2. The van der Waals surface area contributed by atoms with Crippen molar-refractivity contribution in [2.24, 2.45) is 0 Å². The monoisotopic (exact) mass is 615 g/mol. The molecule has 2 aromatic carbocycles. The minimum atomic E-state index is -5.66. The van der Waals surface area contributed by atoms with Crippen LogP contribution in [0.4, 0.5) is 49.7 Å². The molecule has 1 unspecified atom stereocenters. The fourth-order valence-electron chi connectivity index (χ4n) is 3.80. The molecule has 4 N–H and O–H groups in total. The Bertz CT molecular complexity index is 1430. The number of benzene rings is 2. The summed E-state index contributed by atoms with van der Waals surface area (Å²) in [5.41, 5.74) is -4.69. The standard InChI is InChI=1S/C24H19F10N5O3/c1-38(20(41)17-15(22(26,27)28)3-2-4-16(17)23(29,30)31)11-21(42,24(32,33)34)10-36-19(40)14-9-37-39(18(14)35)13-7-5-12(25)6-8-13/h2-9,42H,10-11,35H2,1H3,(H,36,40). The van der Waals surface area contributed by atoms with Crippen molar-refractivity contribution in [1.82, 2.24) is 20.0 Å². The summed E-state index contributed by atoms with van der Waals surface area (Å²) in [6, 6.07) is 5.15. The molecule has 228 valence electrons. The molecule has 0 aliphatic carbocycles. The Morgan fingerprint density at radius 3 is 1.95 bits per heavy atom. The summed E-state index contributed by atoms with van der Waals surface area (Å²) in [6.07, 6.45) is -15.8. The molecule has 8 nitrogen and oxygen atoms in total. The zero-order chi connectivity index (χ0) is 31.8. The maximum atomic E-state index is 13.9. The number of nitrogen functional groups attached to an aromatic ring is 1. The zero-order valence-electron chi connectivity index (χ0n) is 21.0. The highest BCUT2D eigenvalue weighted by atomic mass is 19.4. The van der Waals surface area contributed by atoms with E-state index in [-0.39, 0.29) is 22.7 Å². The predicted octanol–water partition coefficient (Wildman–Crippen LogP) is 4.43. The van der Waals surface area contributed by atoms with Crippen molar-refractivity contribution in [3.8, 4) is 5.69 Å². The van der Waals surface area contributed by atoms with Gasteiger partial charge in [0.2, 0.25) is 0 Å². The summed E-state index contributed by atoms with van der Waals surface area (Å²) in [5.74, 6) is -4.48. The highest BCUT2D eigenvalue weighted by Crippen LogP contribution is 2.40. The lowest BCUT2D eigenvalue weighted by atomic mass is 9.97. The second-order valence-corrected chi connectivity index (χ2v) is 8.93. The number of hydrogen-bond donors (Lipinski definition) is 3. The molecule has 0 aliphatic heterocycles. The van der Waals surface area contributed by atoms with Gasteiger partial charge in [-0.3, -0.25) is 9.59 Å². The van der Waals surface area contributed by atoms with Crippen LogP contribution in [0.5, 0.6) is 0 Å². The summed E-state index contributed by atoms with van der Waals surface area (Å²) in [5, 5.41) is 15.9. The van der Waals surface area contributed by atoms with E-state index < -0.39 is 82.9 Å². The molecule has 0 bridgehead atoms. The van der Waals surface area contributed by atoms with Crippen molar-refractivity contribution in [1.29, 1.82) is 0 Å². The molecule has 0 aliphatic rings. The van der Waals surface area contributed by atoms with E-state index in [9.17, 15) is 58.6 Å². The van der Waals surface area contributed by atoms with Gasteiger partial charge in [-0.05, 0) is 36.4 Å². The normalized spacial score (nSPS) is 13.9. The molecule has 0 spiro atoms. The third kappa shape index (κ3) is 6.58. The number of nitrogens with zero attached hydrogens (tertiary/aromatic N) is 3. The molecule has 18 heteroatoms. The quantitative estimate of drug-likeness (QED) is 0.341. The van der Waals surface area contributed by atoms with Crippen LogP contribution in [0.15, 0.2) is 48.7 Å². The van der Waals surface area contributed by atoms with Gasteiger partial charge in [0.25, 0.3) is 11.8 Å². The zero-order valence-corrected chi connectivity index (χ0v) is 21.0. The average molecular weight is 615 g/mol. The molecular weight excluding hydrogens is 596 g/mol. The molecule has 1 heterocycles. The van der Waals surface area contributed by atoms with Gasteiger partial charge in [-0.25, -0.2) is 9.07 Å². The predicted molar refractivity (Wildman–Crippen MR) is 125 cm³/mol. The molecule has 0 radical (unpaired) electrons. The van der Waals surface area contributed by atoms with Crippen LogP contribution in [0.2, 0.25) is 0 Å². The molecule has 0 saturated heterocycles. The fraction of sp³-hybridized carbons (Fsp3) is 0.292. The maximum absolute atomic E-state index is 13.9. The summed E-state index contributed by atoms with van der Waals surface area (Å²) >= 11 is 0. The summed E-state index contributed by atoms with van der Waals surface area (Å²) < 4.78 is 136. The lowest BCUT2D eigenvalue weighted by Crippen LogP contribution is -2.60. The summed E-state index contributed by atoms with van der Waals surface area (Å²) in [7, 11) is 0.443. The Hall–Kier alpha value is -4.35. The smallest absolute Gasteiger partial charge is 0.383 e. The molecule has 1 atom stereocenters. The van der Waals surface area contributed by atoms with Gasteiger partial charge in [-0.2, -0.15) is 44.6 Å². The topological polar surface area (TPSA) is 113 Å². The van der Waals surface area contributed by atoms with E-state index >= 15 is 0 Å². The lowest BCUT2D eigenvalue weighted by molar-refractivity contribution is -0.259. The highest BCUT2D eigenvalue weighted by molar-refractivity contribution is 5.99. The fourth-order valence-corrected chi connectivity index (χ4v) is 3.80. The van der Waals surface area contributed by atoms with E-state index in [4.69, 9.17) is 5.73 Å². The summed E-state index contributed by atoms with van der Waals surface area (Å²) in [4.78, 5) is 25.2. The molecule has 0 saturated carbocycles. The maximum Gasteiger partial charge on any atom is 0.420 e. The molecule has 0 fully saturated rings. The second kappa shape index (κ2) is 11.1. The van der Waals surface area contributed by atoms with Gasteiger partial charge in [0, 0.05) is 7.05 Å². The van der Waals surface area contributed by atoms with Gasteiger partial charge in [-0.15, -0.1) is 0 Å². The number of likely N-dealkylation sites (N-methyl/N-ethyl adjacent to an activating group) is 1. The lowest BCUT2D eigenvalue weighted by Gasteiger charge is -2.34. The average Bonchev–Trinajstić information content (AvgIpc) is 3.26. The van der Waals surface area contributed by atoms with Crippen molar-refractivity contribution in [3.63, 3.8) is 0 Å². The van der Waals surface area contributed by atoms with Crippen molar-refractivity contribution < 1.29 is 58.6 Å². The van der Waals surface area contributed by atoms with Crippen LogP contribution in [-0.2, 0) is 12.4 Å². The number of nitrogens with two attached hydrogens (primary N) is 1. The van der Waals surface area contributed by atoms with E-state index in [1.54, 1.807) is 5.32 Å². The van der Waals surface area contributed by atoms with Crippen molar-refractivity contribution in [2.75, 3.05) is 25.9 Å². The van der Waals surface area contributed by atoms with Gasteiger partial charge in [0.1, 0.15) is 17.2 Å². The first-order valence-corrected chi connectivity index (χ1v) is 11.4. The number of anilines is 1. The number of carbonyl (C=O) groups is 2. The van der Waals surface area contributed by atoms with Crippen LogP contribution >= 0.6 is 0 Å². The van der Waals surface area contributed by atoms with Crippen LogP contribution in [0.3, 0.4) is 0 Å². The van der Waals surface area contributed by atoms with E-state index in [1.165, 1.54) is 12.1 Å². The molecule has 3 rings (SSSR count). The van der Waals surface area contributed by atoms with Crippen LogP contribution < -0.4 is 11.1 Å². The minimum Gasteiger partial charge on any atom is -0.383 e. The Labute approximate surface area is 229 Å². The van der Waals surface area contributed by atoms with Gasteiger partial charge < -0.3 is 21.1 Å². The number of hydrogen-bond acceptors (Lipinski definition) is 5. The van der Waals surface area contributed by atoms with Crippen LogP contribution in [0, 0.1) is 5.82 Å². The third-order valence-corrected chi connectivity index (χ3v) is 5.93. The van der Waals surface area contributed by atoms with E-state index in [0.29, 0.717) is 13.1 Å². The number of aliphatic hydroxyl groups is 1. The van der Waals surface area contributed by atoms with Crippen molar-refractivity contribution in [2.45, 2.75) is 24.1 Å². The van der Waals surface area contributed by atoms with E-state index in [0.717, 1.165) is 23.0 Å². The van der Waals surface area contributed by atoms with Gasteiger partial charge >= 0.3 is 18.5 Å². The molecular formula is C24H19F10N5O3. The van der Waals surface area contributed by atoms with Crippen molar-refractivity contribution >= 4 is 17.6 Å². The second-order valence-electron chi connectivity index (χ2n) is 8.93. The number of nitrogens with one attached hydrogen (secondary N) is 1. The van der Waals surface area contributed by atoms with Gasteiger partial charge in [0.05, 0.1) is 41.7 Å². The SMILES string of the molecule is CN(CC(O)(CNC(=O)c1cnn(-c2ccc(F)cc2)c1N)C(F)(F)F)C(=O)c1c(C(F)(F)F)cccc1C(F)(F)F. The van der Waals surface area contributed by atoms with Crippen molar-refractivity contribution in [3.05, 3.63) is 76.7 Å². The molecule has 1 aromatic heterocycles. The van der Waals surface area contributed by atoms with Crippen LogP contribution in [0.1, 0.15) is 31.8 Å². The Morgan fingerprint density at radius 1 is 0.952 bits per heavy atom. The number of aromatic nitrogens is 2. The third-order valence-electron chi connectivity index (χ3n) is 5.93. The number of halogens is 10. The van der Waals surface area contributed by atoms with Crippen LogP contribution in [0.25, 0.3) is 5.69 Å². The van der Waals surface area contributed by atoms with Gasteiger partial charge in [0.15, 0.2) is 5.60 Å². The Balaban J connectivity index is 1.88. The summed E-state index contributed by atoms with van der Waals surface area (Å²) in [6.45, 7) is -3.59. The molecule has 3 aromatic rings. The minimum absolute atomic E-state index is 0.142. The number of alkyl halides is 9. The van der Waals surface area contributed by atoms with Gasteiger partial charge in [-0.1, -0.05) is 6.07 Å². The first-order valence-electron chi connectivity index (χ1n) is 11.4. The number of carbonyl (C=O) groups excluding carboxylic acids is 2. The Kier molecular flexibility index (Phi) is 8.54. The largest absolute Gasteiger partial charge is 0.420 e. The van der Waals surface area contributed by atoms with E-state index in [1.807, 2.05) is 0 Å². The van der Waals surface area contributed by atoms with Crippen LogP contribution in [-0.4, -0.2) is 63.5 Å². The highest BCUT2D eigenvalue weighted by Gasteiger charge is 2.55. The Morgan fingerprint density at radius 2 is 1.48 bits per heavy atom. The molecule has 42 heavy (non-hydrogen) atoms. The number of rotatable bonds is 7. The first-order chi connectivity index (χ1) is 19.2. The van der Waals surface area contributed by atoms with E-state index in [2.05, 4.69) is 5.10 Å². The number of amides is 2.